The van der Waals surface area contributed by atoms with E-state index in [2.05, 4.69) is 51.5 Å². The number of nitrogens with zero attached hydrogens (tertiary/aromatic N) is 3. The summed E-state index contributed by atoms with van der Waals surface area (Å²) in [4.78, 5) is 0. The zero-order valence-electron chi connectivity index (χ0n) is 10.7. The average molecular weight is 302 g/mol. The van der Waals surface area contributed by atoms with Crippen LogP contribution in [0.25, 0.3) is 0 Å². The lowest BCUT2D eigenvalue weighted by Crippen LogP contribution is -2.28. The zero-order valence-corrected chi connectivity index (χ0v) is 12.3. The maximum absolute atomic E-state index is 5.41. The van der Waals surface area contributed by atoms with Gasteiger partial charge in [-0.1, -0.05) is 15.9 Å². The fraction of sp³-hybridized carbons (Fsp3) is 0.833. The highest BCUT2D eigenvalue weighted by atomic mass is 79.9. The van der Waals surface area contributed by atoms with Crippen molar-refractivity contribution in [1.29, 1.82) is 0 Å². The Morgan fingerprint density at radius 3 is 2.47 bits per heavy atom. The Morgan fingerprint density at radius 2 is 1.94 bits per heavy atom. The molecule has 0 spiro atoms. The van der Waals surface area contributed by atoms with Crippen LogP contribution >= 0.6 is 15.9 Å². The van der Waals surface area contributed by atoms with Gasteiger partial charge < -0.3 is 9.30 Å². The third-order valence-electron chi connectivity index (χ3n) is 3.13. The van der Waals surface area contributed by atoms with Gasteiger partial charge in [-0.25, -0.2) is 0 Å². The first kappa shape index (κ1) is 13.0. The molecule has 0 bridgehead atoms. The van der Waals surface area contributed by atoms with Crippen molar-refractivity contribution >= 4 is 15.9 Å². The lowest BCUT2D eigenvalue weighted by molar-refractivity contribution is 0.0817. The second-order valence-corrected chi connectivity index (χ2v) is 6.06. The minimum absolute atomic E-state index is 0.0280. The van der Waals surface area contributed by atoms with Gasteiger partial charge >= 0.3 is 0 Å². The van der Waals surface area contributed by atoms with E-state index in [1.807, 2.05) is 0 Å². The van der Waals surface area contributed by atoms with Crippen molar-refractivity contribution in [2.24, 2.45) is 0 Å². The molecule has 1 fully saturated rings. The molecule has 5 heteroatoms. The van der Waals surface area contributed by atoms with Crippen LogP contribution in [0.2, 0.25) is 0 Å². The van der Waals surface area contributed by atoms with E-state index >= 15 is 0 Å². The number of aromatic nitrogens is 3. The molecule has 1 aromatic heterocycles. The van der Waals surface area contributed by atoms with Crippen molar-refractivity contribution in [3.8, 4) is 0 Å². The highest BCUT2D eigenvalue weighted by molar-refractivity contribution is 9.08. The molecule has 2 rings (SSSR count). The van der Waals surface area contributed by atoms with E-state index in [9.17, 15) is 0 Å². The van der Waals surface area contributed by atoms with Gasteiger partial charge in [0, 0.05) is 24.7 Å². The Hall–Kier alpha value is -0.420. The molecule has 0 N–H and O–H groups in total. The van der Waals surface area contributed by atoms with Crippen molar-refractivity contribution < 1.29 is 4.74 Å². The molecule has 0 radical (unpaired) electrons. The number of ether oxygens (including phenoxy) is 1. The first-order valence-electron chi connectivity index (χ1n) is 6.12. The topological polar surface area (TPSA) is 39.9 Å². The average Bonchev–Trinajstić information content (AvgIpc) is 2.73. The molecule has 0 aromatic carbocycles. The predicted molar refractivity (Wildman–Crippen MR) is 70.4 cm³/mol. The number of rotatable bonds is 2. The van der Waals surface area contributed by atoms with Gasteiger partial charge in [0.05, 0.1) is 5.33 Å². The van der Waals surface area contributed by atoms with Crippen LogP contribution in [0.3, 0.4) is 0 Å². The van der Waals surface area contributed by atoms with Gasteiger partial charge in [0.1, 0.15) is 11.6 Å². The summed E-state index contributed by atoms with van der Waals surface area (Å²) < 4.78 is 7.69. The molecule has 0 saturated carbocycles. The monoisotopic (exact) mass is 301 g/mol. The fourth-order valence-electron chi connectivity index (χ4n) is 2.37. The van der Waals surface area contributed by atoms with Crippen LogP contribution in [-0.4, -0.2) is 28.0 Å². The maximum atomic E-state index is 5.41. The van der Waals surface area contributed by atoms with Crippen molar-refractivity contribution in [3.63, 3.8) is 0 Å². The third-order valence-corrected chi connectivity index (χ3v) is 3.63. The van der Waals surface area contributed by atoms with Crippen molar-refractivity contribution in [2.75, 3.05) is 13.2 Å². The molecule has 0 atom stereocenters. The van der Waals surface area contributed by atoms with Gasteiger partial charge in [-0.2, -0.15) is 0 Å². The van der Waals surface area contributed by atoms with E-state index in [-0.39, 0.29) is 5.54 Å². The van der Waals surface area contributed by atoms with Crippen LogP contribution in [0.1, 0.15) is 51.2 Å². The standard InChI is InChI=1S/C12H20BrN3O/c1-12(2,3)16-10(8-13)14-15-11(16)9-4-6-17-7-5-9/h9H,4-8H2,1-3H3. The van der Waals surface area contributed by atoms with Gasteiger partial charge in [-0.15, -0.1) is 10.2 Å². The van der Waals surface area contributed by atoms with E-state index in [0.29, 0.717) is 5.92 Å². The van der Waals surface area contributed by atoms with Crippen molar-refractivity contribution in [2.45, 2.75) is 50.4 Å². The smallest absolute Gasteiger partial charge is 0.144 e. The molecular formula is C12H20BrN3O. The number of hydrogen-bond acceptors (Lipinski definition) is 3. The second kappa shape index (κ2) is 5.06. The van der Waals surface area contributed by atoms with E-state index in [1.54, 1.807) is 0 Å². The zero-order chi connectivity index (χ0) is 12.5. The highest BCUT2D eigenvalue weighted by Crippen LogP contribution is 2.30. The summed E-state index contributed by atoms with van der Waals surface area (Å²) in [7, 11) is 0. The highest BCUT2D eigenvalue weighted by Gasteiger charge is 2.28. The summed E-state index contributed by atoms with van der Waals surface area (Å²) in [6.07, 6.45) is 2.10. The predicted octanol–water partition coefficient (Wildman–Crippen LogP) is 2.82. The molecule has 1 aromatic rings. The quantitative estimate of drug-likeness (QED) is 0.789. The summed E-state index contributed by atoms with van der Waals surface area (Å²) in [5.74, 6) is 2.62. The molecule has 96 valence electrons. The van der Waals surface area contributed by atoms with E-state index in [1.165, 1.54) is 0 Å². The second-order valence-electron chi connectivity index (χ2n) is 5.50. The molecule has 0 amide bonds. The SMILES string of the molecule is CC(C)(C)n1c(CBr)nnc1C1CCOCC1. The number of hydrogen-bond donors (Lipinski definition) is 0. The van der Waals surface area contributed by atoms with Crippen molar-refractivity contribution in [3.05, 3.63) is 11.6 Å². The molecule has 1 aliphatic heterocycles. The van der Waals surface area contributed by atoms with Crippen LogP contribution in [0.5, 0.6) is 0 Å². The summed E-state index contributed by atoms with van der Waals surface area (Å²) >= 11 is 3.49. The third kappa shape index (κ3) is 2.71. The van der Waals surface area contributed by atoms with Gasteiger partial charge in [-0.05, 0) is 33.6 Å². The summed E-state index contributed by atoms with van der Waals surface area (Å²) in [5.41, 5.74) is 0.0280. The molecule has 0 unspecified atom stereocenters. The first-order valence-corrected chi connectivity index (χ1v) is 7.24. The number of alkyl halides is 1. The molecular weight excluding hydrogens is 282 g/mol. The van der Waals surface area contributed by atoms with Gasteiger partial charge in [-0.3, -0.25) is 0 Å². The number of halogens is 1. The van der Waals surface area contributed by atoms with Crippen LogP contribution in [0, 0.1) is 0 Å². The fourth-order valence-corrected chi connectivity index (χ4v) is 2.73. The molecule has 1 saturated heterocycles. The minimum Gasteiger partial charge on any atom is -0.381 e. The molecule has 0 aliphatic carbocycles. The Bertz CT molecular complexity index is 378. The lowest BCUT2D eigenvalue weighted by atomic mass is 9.97. The van der Waals surface area contributed by atoms with Crippen LogP contribution in [-0.2, 0) is 15.6 Å². The lowest BCUT2D eigenvalue weighted by Gasteiger charge is -2.29. The minimum atomic E-state index is 0.0280. The Morgan fingerprint density at radius 1 is 1.29 bits per heavy atom. The normalized spacial score (nSPS) is 18.6. The molecule has 4 nitrogen and oxygen atoms in total. The maximum Gasteiger partial charge on any atom is 0.144 e. The van der Waals surface area contributed by atoms with Crippen molar-refractivity contribution in [1.82, 2.24) is 14.8 Å². The Kier molecular flexibility index (Phi) is 3.88. The van der Waals surface area contributed by atoms with Crippen LogP contribution in [0.15, 0.2) is 0 Å². The largest absolute Gasteiger partial charge is 0.381 e. The summed E-state index contributed by atoms with van der Waals surface area (Å²) in [6.45, 7) is 8.28. The summed E-state index contributed by atoms with van der Waals surface area (Å²) in [6, 6.07) is 0. The van der Waals surface area contributed by atoms with E-state index in [0.717, 1.165) is 43.0 Å². The van der Waals surface area contributed by atoms with Gasteiger partial charge in [0.25, 0.3) is 0 Å². The Labute approximate surface area is 111 Å². The van der Waals surface area contributed by atoms with Crippen LogP contribution in [0.4, 0.5) is 0 Å². The Balaban J connectivity index is 2.36. The first-order chi connectivity index (χ1) is 8.04. The van der Waals surface area contributed by atoms with Crippen LogP contribution < -0.4 is 0 Å². The van der Waals surface area contributed by atoms with Gasteiger partial charge in [0.15, 0.2) is 0 Å². The van der Waals surface area contributed by atoms with E-state index < -0.39 is 0 Å². The van der Waals surface area contributed by atoms with Gasteiger partial charge in [0.2, 0.25) is 0 Å². The molecule has 2 heterocycles. The van der Waals surface area contributed by atoms with E-state index in [4.69, 9.17) is 4.74 Å². The molecule has 17 heavy (non-hydrogen) atoms. The summed E-state index contributed by atoms with van der Waals surface area (Å²) in [5, 5.41) is 9.46. The molecule has 1 aliphatic rings.